The van der Waals surface area contributed by atoms with E-state index in [0.29, 0.717) is 28.1 Å². The predicted molar refractivity (Wildman–Crippen MR) is 132 cm³/mol. The molecule has 182 valence electrons. The molecule has 32 heavy (non-hydrogen) atoms. The van der Waals surface area contributed by atoms with Crippen molar-refractivity contribution in [2.45, 2.75) is 112 Å². The van der Waals surface area contributed by atoms with E-state index in [1.807, 2.05) is 0 Å². The third-order valence-electron chi connectivity index (χ3n) is 13.6. The average molecular weight is 443 g/mol. The minimum absolute atomic E-state index is 0.123. The normalized spacial score (nSPS) is 59.5. The lowest BCUT2D eigenvalue weighted by atomic mass is 9.32. The Kier molecular flexibility index (Phi) is 5.19. The molecular formula is C30H50O2. The lowest BCUT2D eigenvalue weighted by Crippen LogP contribution is -2.67. The zero-order chi connectivity index (χ0) is 23.3. The molecule has 5 saturated carbocycles. The molecular weight excluding hydrogens is 392 g/mol. The number of hydrogen-bond acceptors (Lipinski definition) is 2. The van der Waals surface area contributed by atoms with Crippen LogP contribution in [0.1, 0.15) is 106 Å². The maximum Gasteiger partial charge on any atom is 0.0618 e. The van der Waals surface area contributed by atoms with Crippen molar-refractivity contribution in [2.75, 3.05) is 6.61 Å². The van der Waals surface area contributed by atoms with Gasteiger partial charge in [-0.25, -0.2) is 0 Å². The van der Waals surface area contributed by atoms with Gasteiger partial charge in [0, 0.05) is 5.41 Å². The lowest BCUT2D eigenvalue weighted by molar-refractivity contribution is -0.253. The van der Waals surface area contributed by atoms with Gasteiger partial charge < -0.3 is 10.2 Å². The van der Waals surface area contributed by atoms with Gasteiger partial charge in [0.2, 0.25) is 0 Å². The number of aliphatic hydroxyl groups is 2. The monoisotopic (exact) mass is 442 g/mol. The highest BCUT2D eigenvalue weighted by Crippen LogP contribution is 2.77. The molecule has 0 aromatic rings. The fourth-order valence-electron chi connectivity index (χ4n) is 11.5. The van der Waals surface area contributed by atoms with Crippen LogP contribution in [-0.4, -0.2) is 22.9 Å². The van der Waals surface area contributed by atoms with Crippen LogP contribution in [0.2, 0.25) is 0 Å². The summed E-state index contributed by atoms with van der Waals surface area (Å²) in [4.78, 5) is 0. The van der Waals surface area contributed by atoms with Crippen LogP contribution in [0.4, 0.5) is 0 Å². The number of fused-ring (bicyclic) bond motifs is 7. The standard InChI is InChI=1S/C30H50O2/c1-19(2)20-10-13-26(3)16-17-29(6)21(25(20)26)8-9-23-27(4)14-12-24(32)28(5,18-31)22(27)11-15-30(23,29)7/h20-25,31-32H,1,8-18H2,2-7H3/t20-,21+,22-,23+,24+,25+,26+,27-,28-,29+,30+/m0/s1. The molecule has 2 N–H and O–H groups in total. The second kappa shape index (κ2) is 7.09. The molecule has 2 nitrogen and oxygen atoms in total. The van der Waals surface area contributed by atoms with Gasteiger partial charge in [-0.3, -0.25) is 0 Å². The Morgan fingerprint density at radius 3 is 2.19 bits per heavy atom. The van der Waals surface area contributed by atoms with Crippen LogP contribution in [0.3, 0.4) is 0 Å². The third-order valence-corrected chi connectivity index (χ3v) is 13.6. The van der Waals surface area contributed by atoms with Gasteiger partial charge in [-0.2, -0.15) is 0 Å². The van der Waals surface area contributed by atoms with Gasteiger partial charge in [0.25, 0.3) is 0 Å². The van der Waals surface area contributed by atoms with E-state index in [0.717, 1.165) is 30.6 Å². The highest BCUT2D eigenvalue weighted by Gasteiger charge is 2.70. The second-order valence-electron chi connectivity index (χ2n) is 14.6. The summed E-state index contributed by atoms with van der Waals surface area (Å²) in [5, 5.41) is 21.3. The van der Waals surface area contributed by atoms with Crippen LogP contribution >= 0.6 is 0 Å². The maximum atomic E-state index is 10.9. The van der Waals surface area contributed by atoms with E-state index in [4.69, 9.17) is 0 Å². The smallest absolute Gasteiger partial charge is 0.0618 e. The van der Waals surface area contributed by atoms with Crippen LogP contribution in [0, 0.1) is 56.7 Å². The molecule has 0 aliphatic heterocycles. The first-order chi connectivity index (χ1) is 14.9. The summed E-state index contributed by atoms with van der Waals surface area (Å²) >= 11 is 0. The number of rotatable bonds is 2. The maximum absolute atomic E-state index is 10.9. The molecule has 2 heteroatoms. The van der Waals surface area contributed by atoms with E-state index < -0.39 is 0 Å². The molecule has 0 saturated heterocycles. The van der Waals surface area contributed by atoms with E-state index >= 15 is 0 Å². The average Bonchev–Trinajstić information content (AvgIpc) is 3.09. The van der Waals surface area contributed by atoms with E-state index in [2.05, 4.69) is 48.1 Å². The van der Waals surface area contributed by atoms with Crippen molar-refractivity contribution in [1.82, 2.24) is 0 Å². The largest absolute Gasteiger partial charge is 0.396 e. The van der Waals surface area contributed by atoms with Crippen LogP contribution < -0.4 is 0 Å². The molecule has 0 aromatic carbocycles. The van der Waals surface area contributed by atoms with Crippen molar-refractivity contribution in [3.63, 3.8) is 0 Å². The van der Waals surface area contributed by atoms with E-state index in [1.165, 1.54) is 56.9 Å². The first-order valence-corrected chi connectivity index (χ1v) is 13.8. The molecule has 5 fully saturated rings. The van der Waals surface area contributed by atoms with Gasteiger partial charge in [-0.15, -0.1) is 0 Å². The zero-order valence-corrected chi connectivity index (χ0v) is 21.8. The Bertz CT molecular complexity index is 790. The Labute approximate surface area is 197 Å². The van der Waals surface area contributed by atoms with Gasteiger partial charge in [-0.05, 0) is 122 Å². The third kappa shape index (κ3) is 2.66. The molecule has 0 amide bonds. The minimum Gasteiger partial charge on any atom is -0.396 e. The van der Waals surface area contributed by atoms with Gasteiger partial charge >= 0.3 is 0 Å². The van der Waals surface area contributed by atoms with Crippen LogP contribution in [-0.2, 0) is 0 Å². The molecule has 5 aliphatic carbocycles. The van der Waals surface area contributed by atoms with Gasteiger partial charge in [0.1, 0.15) is 0 Å². The Hall–Kier alpha value is -0.340. The molecule has 5 aliphatic rings. The summed E-state index contributed by atoms with van der Waals surface area (Å²) in [6.07, 6.45) is 12.3. The predicted octanol–water partition coefficient (Wildman–Crippen LogP) is 7.00. The number of aliphatic hydroxyl groups excluding tert-OH is 2. The first kappa shape index (κ1) is 23.4. The molecule has 0 spiro atoms. The highest BCUT2D eigenvalue weighted by molar-refractivity contribution is 5.21. The van der Waals surface area contributed by atoms with Crippen LogP contribution in [0.25, 0.3) is 0 Å². The van der Waals surface area contributed by atoms with Crippen molar-refractivity contribution in [1.29, 1.82) is 0 Å². The van der Waals surface area contributed by atoms with Crippen molar-refractivity contribution >= 4 is 0 Å². The fraction of sp³-hybridized carbons (Fsp3) is 0.933. The van der Waals surface area contributed by atoms with Crippen molar-refractivity contribution in [3.8, 4) is 0 Å². The summed E-state index contributed by atoms with van der Waals surface area (Å²) in [7, 11) is 0. The SMILES string of the molecule is C=C(C)[C@@H]1CC[C@]2(C)CC[C@]3(C)[C@H](CC[C@@H]4[C@@]5(C)CC[C@@H](O)[C@@](C)(CO)[C@H]5CC[C@]43C)[C@@H]12. The summed E-state index contributed by atoms with van der Waals surface area (Å²) in [6.45, 7) is 19.6. The number of hydrogen-bond donors (Lipinski definition) is 2. The van der Waals surface area contributed by atoms with Crippen molar-refractivity contribution in [2.24, 2.45) is 56.7 Å². The molecule has 5 rings (SSSR count). The summed E-state index contributed by atoms with van der Waals surface area (Å²) in [6, 6.07) is 0. The Balaban J connectivity index is 1.54. The second-order valence-corrected chi connectivity index (χ2v) is 14.6. The summed E-state index contributed by atoms with van der Waals surface area (Å²) < 4.78 is 0. The molecule has 11 atom stereocenters. The van der Waals surface area contributed by atoms with E-state index in [-0.39, 0.29) is 23.5 Å². The molecule has 0 unspecified atom stereocenters. The molecule has 0 heterocycles. The van der Waals surface area contributed by atoms with Gasteiger partial charge in [0.05, 0.1) is 12.7 Å². The molecule has 0 aromatic heterocycles. The lowest BCUT2D eigenvalue weighted by Gasteiger charge is -2.73. The number of allylic oxidation sites excluding steroid dienone is 1. The fourth-order valence-corrected chi connectivity index (χ4v) is 11.5. The van der Waals surface area contributed by atoms with E-state index in [1.54, 1.807) is 0 Å². The van der Waals surface area contributed by atoms with Crippen LogP contribution in [0.15, 0.2) is 12.2 Å². The Morgan fingerprint density at radius 1 is 0.812 bits per heavy atom. The van der Waals surface area contributed by atoms with Crippen molar-refractivity contribution in [3.05, 3.63) is 12.2 Å². The highest BCUT2D eigenvalue weighted by atomic mass is 16.3. The summed E-state index contributed by atoms with van der Waals surface area (Å²) in [5.74, 6) is 3.51. The van der Waals surface area contributed by atoms with Crippen molar-refractivity contribution < 1.29 is 10.2 Å². The minimum atomic E-state index is -0.355. The molecule has 0 radical (unpaired) electrons. The van der Waals surface area contributed by atoms with Gasteiger partial charge in [0.15, 0.2) is 0 Å². The zero-order valence-electron chi connectivity index (χ0n) is 21.8. The summed E-state index contributed by atoms with van der Waals surface area (Å²) in [5.41, 5.74) is 2.62. The van der Waals surface area contributed by atoms with Gasteiger partial charge in [-0.1, -0.05) is 46.8 Å². The first-order valence-electron chi connectivity index (χ1n) is 13.8. The topological polar surface area (TPSA) is 40.5 Å². The molecule has 0 bridgehead atoms. The Morgan fingerprint density at radius 2 is 1.53 bits per heavy atom. The van der Waals surface area contributed by atoms with Crippen LogP contribution in [0.5, 0.6) is 0 Å². The van der Waals surface area contributed by atoms with E-state index in [9.17, 15) is 10.2 Å². The quantitative estimate of drug-likeness (QED) is 0.452.